The van der Waals surface area contributed by atoms with Crippen LogP contribution in [0.25, 0.3) is 34.0 Å². The zero-order valence-corrected chi connectivity index (χ0v) is 37.2. The summed E-state index contributed by atoms with van der Waals surface area (Å²) < 4.78 is 0. The van der Waals surface area contributed by atoms with Crippen molar-refractivity contribution in [2.75, 3.05) is 26.2 Å². The van der Waals surface area contributed by atoms with Gasteiger partial charge in [0.15, 0.2) is 11.6 Å². The van der Waals surface area contributed by atoms with Gasteiger partial charge in [-0.1, -0.05) is 84.4 Å². The molecule has 0 bridgehead atoms. The summed E-state index contributed by atoms with van der Waals surface area (Å²) in [4.78, 5) is 49.9. The van der Waals surface area contributed by atoms with Crippen LogP contribution in [0.15, 0.2) is 108 Å². The van der Waals surface area contributed by atoms with Crippen molar-refractivity contribution in [3.05, 3.63) is 158 Å². The first-order valence-electron chi connectivity index (χ1n) is 23.4. The predicted octanol–water partition coefficient (Wildman–Crippen LogP) is 10.9. The molecule has 2 aliphatic carbocycles. The predicted molar refractivity (Wildman–Crippen MR) is 254 cm³/mol. The van der Waals surface area contributed by atoms with E-state index in [0.717, 1.165) is 98.1 Å². The lowest BCUT2D eigenvalue weighted by molar-refractivity contribution is -0.383. The number of allylic oxidation sites excluding steroid dienone is 2. The molecule has 12 rings (SSSR count). The van der Waals surface area contributed by atoms with Gasteiger partial charge in [-0.3, -0.25) is 29.5 Å². The van der Waals surface area contributed by atoms with Crippen LogP contribution in [0.2, 0.25) is 0 Å². The van der Waals surface area contributed by atoms with E-state index in [1.807, 2.05) is 54.6 Å². The molecule has 6 aliphatic rings. The summed E-state index contributed by atoms with van der Waals surface area (Å²) in [6.45, 7) is 10.9. The van der Waals surface area contributed by atoms with E-state index in [-0.39, 0.29) is 27.5 Å². The van der Waals surface area contributed by atoms with E-state index in [4.69, 9.17) is 0 Å². The van der Waals surface area contributed by atoms with Crippen molar-refractivity contribution in [3.8, 4) is 0 Å². The van der Waals surface area contributed by atoms with Gasteiger partial charge in [-0.2, -0.15) is 0 Å². The highest BCUT2D eigenvalue weighted by Gasteiger charge is 2.51. The maximum absolute atomic E-state index is 13.1. The Labute approximate surface area is 374 Å². The van der Waals surface area contributed by atoms with Crippen molar-refractivity contribution in [2.24, 2.45) is 23.7 Å². The van der Waals surface area contributed by atoms with E-state index in [1.54, 1.807) is 12.1 Å². The number of ketones is 2. The van der Waals surface area contributed by atoms with Gasteiger partial charge in [0.05, 0.1) is 16.0 Å². The molecule has 6 atom stereocenters. The molecule has 2 saturated carbocycles. The number of hydrogen-bond donors (Lipinski definition) is 2. The van der Waals surface area contributed by atoms with E-state index in [0.29, 0.717) is 47.8 Å². The van der Waals surface area contributed by atoms with Crippen LogP contribution in [-0.4, -0.2) is 62.4 Å². The third-order valence-electron chi connectivity index (χ3n) is 16.3. The number of nitro groups is 1. The average molecular weight is 852 g/mol. The van der Waals surface area contributed by atoms with Crippen LogP contribution in [-0.2, 0) is 33.5 Å². The molecule has 0 spiro atoms. The van der Waals surface area contributed by atoms with Crippen molar-refractivity contribution in [1.29, 1.82) is 0 Å². The first-order chi connectivity index (χ1) is 30.9. The van der Waals surface area contributed by atoms with Crippen LogP contribution in [0, 0.1) is 40.7 Å². The molecule has 9 nitrogen and oxygen atoms in total. The SMILES string of the molecule is CC12CC3CC(=O)/C(=C/c4ccccc4)CC3CN1CCc1c2[nH]c2c([N+](=O)[O-])cccc12.Cc1ccc2[nH]c3c(c2c1)CCN1CC2C/C(=C\c4ccccc4)C(=O)CC2C[C@@]31C. The fraction of sp³-hybridized carbons (Fsp3) is 0.382. The molecular weight excluding hydrogens is 795 g/mol. The van der Waals surface area contributed by atoms with Gasteiger partial charge in [0, 0.05) is 72.8 Å². The normalized spacial score (nSPS) is 29.0. The summed E-state index contributed by atoms with van der Waals surface area (Å²) in [5.41, 5.74) is 12.5. The second kappa shape index (κ2) is 15.7. The van der Waals surface area contributed by atoms with Crippen molar-refractivity contribution in [1.82, 2.24) is 19.8 Å². The van der Waals surface area contributed by atoms with Crippen LogP contribution in [0.3, 0.4) is 0 Å². The second-order valence-electron chi connectivity index (χ2n) is 20.2. The molecule has 2 N–H and O–H groups in total. The third-order valence-corrected chi connectivity index (χ3v) is 16.3. The number of nitrogens with zero attached hydrogens (tertiary/aromatic N) is 3. The molecule has 6 heterocycles. The van der Waals surface area contributed by atoms with Crippen LogP contribution >= 0.6 is 0 Å². The van der Waals surface area contributed by atoms with Crippen LogP contribution in [0.4, 0.5) is 5.69 Å². The number of Topliss-reactive ketones (excluding diaryl/α,β-unsaturated/α-hetero) is 2. The van der Waals surface area contributed by atoms with E-state index in [1.165, 1.54) is 33.3 Å². The van der Waals surface area contributed by atoms with E-state index >= 15 is 0 Å². The van der Waals surface area contributed by atoms with E-state index in [9.17, 15) is 19.7 Å². The van der Waals surface area contributed by atoms with Crippen molar-refractivity contribution in [3.63, 3.8) is 0 Å². The van der Waals surface area contributed by atoms with Gasteiger partial charge in [-0.05, 0) is 141 Å². The van der Waals surface area contributed by atoms with Gasteiger partial charge in [-0.15, -0.1) is 0 Å². The highest BCUT2D eigenvalue weighted by Crippen LogP contribution is 2.53. The Hall–Kier alpha value is -5.90. The van der Waals surface area contributed by atoms with Gasteiger partial charge in [-0.25, -0.2) is 0 Å². The zero-order valence-electron chi connectivity index (χ0n) is 37.2. The Kier molecular flexibility index (Phi) is 10.00. The maximum atomic E-state index is 13.1. The number of aromatic nitrogens is 2. The minimum Gasteiger partial charge on any atom is -0.357 e. The highest BCUT2D eigenvalue weighted by molar-refractivity contribution is 6.01. The number of para-hydroxylation sites is 1. The lowest BCUT2D eigenvalue weighted by Crippen LogP contribution is -2.57. The average Bonchev–Trinajstić information content (AvgIpc) is 3.87. The minimum atomic E-state index is -0.304. The van der Waals surface area contributed by atoms with Gasteiger partial charge in [0.2, 0.25) is 0 Å². The maximum Gasteiger partial charge on any atom is 0.293 e. The standard InChI is InChI=1S/C28H30N2O.C27H27N3O3/c1-18-8-9-25-24(12-18)23-10-11-30-17-22-14-20(13-19-6-4-3-5-7-19)26(31)15-21(22)16-28(30,2)27(23)29-25;1-27-15-19-14-24(31)18(12-17-6-3-2-4-7-17)13-20(19)16-29(27)11-10-22-21-8-5-9-23(30(32)33)25(21)28-26(22)27/h3-9,12-13,21-22,29H,10-11,14-17H2,1-2H3;2-9,12,19-20,28H,10-11,13-16H2,1H3/b20-13+;18-12+/t21?,22?,28-;/m0./s1. The molecule has 0 amide bonds. The number of benzene rings is 4. The molecule has 0 radical (unpaired) electrons. The first kappa shape index (κ1) is 40.8. The number of H-pyrrole nitrogens is 2. The summed E-state index contributed by atoms with van der Waals surface area (Å²) >= 11 is 0. The molecule has 2 aromatic heterocycles. The van der Waals surface area contributed by atoms with E-state index < -0.39 is 0 Å². The summed E-state index contributed by atoms with van der Waals surface area (Å²) in [5.74, 6) is 2.46. The molecule has 6 aromatic rings. The summed E-state index contributed by atoms with van der Waals surface area (Å²) in [7, 11) is 0. The fourth-order valence-corrected chi connectivity index (χ4v) is 13.0. The Morgan fingerprint density at radius 1 is 0.641 bits per heavy atom. The smallest absolute Gasteiger partial charge is 0.293 e. The summed E-state index contributed by atoms with van der Waals surface area (Å²) in [6.07, 6.45) is 11.2. The number of aryl methyl sites for hydroxylation is 1. The van der Waals surface area contributed by atoms with Gasteiger partial charge in [0.1, 0.15) is 5.52 Å². The largest absolute Gasteiger partial charge is 0.357 e. The van der Waals surface area contributed by atoms with Gasteiger partial charge >= 0.3 is 0 Å². The molecule has 4 aliphatic heterocycles. The number of nitrogens with one attached hydrogen (secondary N) is 2. The Balaban J connectivity index is 0.000000143. The molecule has 64 heavy (non-hydrogen) atoms. The van der Waals surface area contributed by atoms with Crippen LogP contribution in [0.1, 0.15) is 91.6 Å². The minimum absolute atomic E-state index is 0.00258. The molecule has 2 saturated heterocycles. The highest BCUT2D eigenvalue weighted by atomic mass is 16.6. The van der Waals surface area contributed by atoms with Crippen LogP contribution < -0.4 is 0 Å². The van der Waals surface area contributed by atoms with Gasteiger partial charge < -0.3 is 9.97 Å². The lowest BCUT2D eigenvalue weighted by Gasteiger charge is -2.54. The number of fused-ring (bicyclic) bond motifs is 12. The Morgan fingerprint density at radius 3 is 1.72 bits per heavy atom. The molecule has 326 valence electrons. The molecule has 4 fully saturated rings. The quantitative estimate of drug-likeness (QED) is 0.104. The molecule has 4 aromatic carbocycles. The van der Waals surface area contributed by atoms with Gasteiger partial charge in [0.25, 0.3) is 5.69 Å². The summed E-state index contributed by atoms with van der Waals surface area (Å²) in [6, 6.07) is 32.5. The number of aromatic amines is 2. The second-order valence-corrected chi connectivity index (χ2v) is 20.2. The van der Waals surface area contributed by atoms with Crippen molar-refractivity contribution in [2.45, 2.75) is 83.2 Å². The zero-order chi connectivity index (χ0) is 43.9. The third kappa shape index (κ3) is 6.90. The number of nitro benzene ring substituents is 1. The van der Waals surface area contributed by atoms with E-state index in [2.05, 4.69) is 83.0 Å². The van der Waals surface area contributed by atoms with Crippen molar-refractivity contribution < 1.29 is 14.5 Å². The summed E-state index contributed by atoms with van der Waals surface area (Å²) in [5, 5.41) is 14.0. The fourth-order valence-electron chi connectivity index (χ4n) is 13.0. The topological polar surface area (TPSA) is 115 Å². The number of non-ortho nitro benzene ring substituents is 1. The Morgan fingerprint density at radius 2 is 1.17 bits per heavy atom. The number of hydrogen-bond acceptors (Lipinski definition) is 6. The molecule has 9 heteroatoms. The number of piperidine rings is 2. The molecule has 5 unspecified atom stereocenters. The number of carbonyl (C=O) groups is 2. The Bertz CT molecular complexity index is 2910. The number of rotatable bonds is 3. The number of carbonyl (C=O) groups excluding carboxylic acids is 2. The van der Waals surface area contributed by atoms with Crippen LogP contribution in [0.5, 0.6) is 0 Å². The first-order valence-corrected chi connectivity index (χ1v) is 23.4. The molecular formula is C55H57N5O4. The monoisotopic (exact) mass is 851 g/mol. The van der Waals surface area contributed by atoms with Crippen molar-refractivity contribution >= 4 is 51.2 Å². The lowest BCUT2D eigenvalue weighted by atomic mass is 9.65.